The highest BCUT2D eigenvalue weighted by atomic mass is 16.5. The monoisotopic (exact) mass is 261 g/mol. The molecule has 0 atom stereocenters. The van der Waals surface area contributed by atoms with Gasteiger partial charge in [-0.3, -0.25) is 0 Å². The van der Waals surface area contributed by atoms with Crippen LogP contribution < -0.4 is 10.5 Å². The van der Waals surface area contributed by atoms with Crippen molar-refractivity contribution >= 4 is 0 Å². The molecule has 19 heavy (non-hydrogen) atoms. The number of methoxy groups -OCH3 is 1. The molecule has 2 N–H and O–H groups in total. The Bertz CT molecular complexity index is 549. The zero-order valence-electron chi connectivity index (χ0n) is 11.5. The predicted molar refractivity (Wildman–Crippen MR) is 72.2 cm³/mol. The lowest BCUT2D eigenvalue weighted by molar-refractivity contribution is 0.309. The topological polar surface area (TPSA) is 74.2 Å². The standard InChI is InChI=1S/C14H19N3O2/c1-14(2,9-15)13-16-12(17-19-13)8-10-6-4-5-7-11(10)18-3/h4-7H,8-9,15H2,1-3H3. The molecule has 1 aromatic carbocycles. The summed E-state index contributed by atoms with van der Waals surface area (Å²) in [7, 11) is 1.65. The van der Waals surface area contributed by atoms with Crippen molar-refractivity contribution in [3.8, 4) is 5.75 Å². The molecule has 1 aromatic heterocycles. The average molecular weight is 261 g/mol. The summed E-state index contributed by atoms with van der Waals surface area (Å²) < 4.78 is 10.6. The minimum atomic E-state index is -0.300. The van der Waals surface area contributed by atoms with Crippen molar-refractivity contribution < 1.29 is 9.26 Å². The van der Waals surface area contributed by atoms with Crippen LogP contribution in [0.3, 0.4) is 0 Å². The number of ether oxygens (including phenoxy) is 1. The van der Waals surface area contributed by atoms with Crippen LogP contribution in [-0.2, 0) is 11.8 Å². The Labute approximate surface area is 112 Å². The Morgan fingerprint density at radius 3 is 2.74 bits per heavy atom. The summed E-state index contributed by atoms with van der Waals surface area (Å²) >= 11 is 0. The van der Waals surface area contributed by atoms with E-state index in [4.69, 9.17) is 15.0 Å². The Balaban J connectivity index is 2.21. The quantitative estimate of drug-likeness (QED) is 0.889. The zero-order chi connectivity index (χ0) is 13.9. The van der Waals surface area contributed by atoms with Gasteiger partial charge in [-0.2, -0.15) is 4.98 Å². The fraction of sp³-hybridized carbons (Fsp3) is 0.429. The molecule has 0 radical (unpaired) electrons. The van der Waals surface area contributed by atoms with E-state index in [0.29, 0.717) is 24.7 Å². The zero-order valence-corrected chi connectivity index (χ0v) is 11.5. The van der Waals surface area contributed by atoms with Crippen LogP contribution in [0.4, 0.5) is 0 Å². The van der Waals surface area contributed by atoms with Crippen LogP contribution in [0.2, 0.25) is 0 Å². The van der Waals surface area contributed by atoms with Gasteiger partial charge in [-0.05, 0) is 19.9 Å². The molecule has 2 rings (SSSR count). The fourth-order valence-electron chi connectivity index (χ4n) is 1.71. The number of hydrogen-bond donors (Lipinski definition) is 1. The number of nitrogens with two attached hydrogens (primary N) is 1. The van der Waals surface area contributed by atoms with Crippen molar-refractivity contribution in [2.24, 2.45) is 5.73 Å². The van der Waals surface area contributed by atoms with E-state index in [9.17, 15) is 0 Å². The van der Waals surface area contributed by atoms with E-state index < -0.39 is 0 Å². The molecule has 2 aromatic rings. The Hall–Kier alpha value is -1.88. The summed E-state index contributed by atoms with van der Waals surface area (Å²) in [5.74, 6) is 2.04. The van der Waals surface area contributed by atoms with Crippen molar-refractivity contribution in [3.63, 3.8) is 0 Å². The molecule has 0 fully saturated rings. The van der Waals surface area contributed by atoms with Crippen LogP contribution in [0.25, 0.3) is 0 Å². The van der Waals surface area contributed by atoms with Crippen molar-refractivity contribution in [2.45, 2.75) is 25.7 Å². The van der Waals surface area contributed by atoms with Gasteiger partial charge < -0.3 is 15.0 Å². The summed E-state index contributed by atoms with van der Waals surface area (Å²) in [6, 6.07) is 7.80. The Morgan fingerprint density at radius 1 is 1.32 bits per heavy atom. The molecule has 0 saturated heterocycles. The van der Waals surface area contributed by atoms with Gasteiger partial charge in [0.15, 0.2) is 5.82 Å². The first-order valence-electron chi connectivity index (χ1n) is 6.22. The van der Waals surface area contributed by atoms with E-state index in [0.717, 1.165) is 11.3 Å². The summed E-state index contributed by atoms with van der Waals surface area (Å²) in [6.07, 6.45) is 0.578. The minimum absolute atomic E-state index is 0.300. The van der Waals surface area contributed by atoms with Gasteiger partial charge in [-0.1, -0.05) is 23.4 Å². The Morgan fingerprint density at radius 2 is 2.05 bits per heavy atom. The second kappa shape index (κ2) is 5.40. The third-order valence-electron chi connectivity index (χ3n) is 3.10. The van der Waals surface area contributed by atoms with Gasteiger partial charge in [0.1, 0.15) is 5.75 Å². The summed E-state index contributed by atoms with van der Waals surface area (Å²) in [5.41, 5.74) is 6.43. The summed E-state index contributed by atoms with van der Waals surface area (Å²) in [5, 5.41) is 4.00. The van der Waals surface area contributed by atoms with Gasteiger partial charge in [-0.15, -0.1) is 0 Å². The Kier molecular flexibility index (Phi) is 3.85. The van der Waals surface area contributed by atoms with Gasteiger partial charge >= 0.3 is 0 Å². The normalized spacial score (nSPS) is 11.6. The van der Waals surface area contributed by atoms with Gasteiger partial charge in [0.25, 0.3) is 0 Å². The van der Waals surface area contributed by atoms with Crippen LogP contribution in [0, 0.1) is 0 Å². The second-order valence-electron chi connectivity index (χ2n) is 5.09. The molecule has 0 amide bonds. The molecule has 0 bridgehead atoms. The highest BCUT2D eigenvalue weighted by molar-refractivity contribution is 5.35. The minimum Gasteiger partial charge on any atom is -0.496 e. The number of para-hydroxylation sites is 1. The number of hydrogen-bond acceptors (Lipinski definition) is 5. The molecule has 1 heterocycles. The molecule has 0 spiro atoms. The molecule has 102 valence electrons. The van der Waals surface area contributed by atoms with Gasteiger partial charge in [0.2, 0.25) is 5.89 Å². The van der Waals surface area contributed by atoms with Gasteiger partial charge in [-0.25, -0.2) is 0 Å². The second-order valence-corrected chi connectivity index (χ2v) is 5.09. The number of rotatable bonds is 5. The third-order valence-corrected chi connectivity index (χ3v) is 3.10. The molecule has 0 aliphatic carbocycles. The molecule has 0 aliphatic heterocycles. The smallest absolute Gasteiger partial charge is 0.233 e. The maximum Gasteiger partial charge on any atom is 0.233 e. The summed E-state index contributed by atoms with van der Waals surface area (Å²) in [6.45, 7) is 4.42. The van der Waals surface area contributed by atoms with E-state index in [2.05, 4.69) is 10.1 Å². The van der Waals surface area contributed by atoms with E-state index in [1.165, 1.54) is 0 Å². The van der Waals surface area contributed by atoms with Crippen LogP contribution in [0.1, 0.15) is 31.1 Å². The number of benzene rings is 1. The van der Waals surface area contributed by atoms with Gasteiger partial charge in [0, 0.05) is 18.5 Å². The molecule has 0 aliphatic rings. The lowest BCUT2D eigenvalue weighted by atomic mass is 9.94. The first-order chi connectivity index (χ1) is 9.06. The molecular formula is C14H19N3O2. The first-order valence-corrected chi connectivity index (χ1v) is 6.22. The highest BCUT2D eigenvalue weighted by Gasteiger charge is 2.26. The number of nitrogens with zero attached hydrogens (tertiary/aromatic N) is 2. The van der Waals surface area contributed by atoms with Crippen LogP contribution in [-0.4, -0.2) is 23.8 Å². The fourth-order valence-corrected chi connectivity index (χ4v) is 1.71. The first kappa shape index (κ1) is 13.5. The molecule has 0 saturated carbocycles. The largest absolute Gasteiger partial charge is 0.496 e. The predicted octanol–water partition coefficient (Wildman–Crippen LogP) is 1.91. The maximum absolute atomic E-state index is 5.70. The maximum atomic E-state index is 5.70. The highest BCUT2D eigenvalue weighted by Crippen LogP contribution is 2.23. The van der Waals surface area contributed by atoms with Crippen molar-refractivity contribution in [1.29, 1.82) is 0 Å². The van der Waals surface area contributed by atoms with E-state index in [1.54, 1.807) is 7.11 Å². The van der Waals surface area contributed by atoms with Gasteiger partial charge in [0.05, 0.1) is 12.5 Å². The van der Waals surface area contributed by atoms with E-state index >= 15 is 0 Å². The molecule has 5 heteroatoms. The molecule has 0 unspecified atom stereocenters. The van der Waals surface area contributed by atoms with E-state index in [1.807, 2.05) is 38.1 Å². The lowest BCUT2D eigenvalue weighted by Crippen LogP contribution is -2.28. The lowest BCUT2D eigenvalue weighted by Gasteiger charge is -2.15. The van der Waals surface area contributed by atoms with E-state index in [-0.39, 0.29) is 5.41 Å². The van der Waals surface area contributed by atoms with Crippen LogP contribution in [0.15, 0.2) is 28.8 Å². The molecular weight excluding hydrogens is 242 g/mol. The average Bonchev–Trinajstić information content (AvgIpc) is 2.89. The summed E-state index contributed by atoms with van der Waals surface area (Å²) in [4.78, 5) is 4.41. The van der Waals surface area contributed by atoms with Crippen LogP contribution >= 0.6 is 0 Å². The SMILES string of the molecule is COc1ccccc1Cc1noc(C(C)(C)CN)n1. The van der Waals surface area contributed by atoms with Crippen LogP contribution in [0.5, 0.6) is 5.75 Å². The van der Waals surface area contributed by atoms with Crippen molar-refractivity contribution in [1.82, 2.24) is 10.1 Å². The third kappa shape index (κ3) is 2.93. The van der Waals surface area contributed by atoms with Crippen molar-refractivity contribution in [3.05, 3.63) is 41.5 Å². The molecule has 5 nitrogen and oxygen atoms in total. The van der Waals surface area contributed by atoms with Crippen molar-refractivity contribution in [2.75, 3.05) is 13.7 Å². The number of aromatic nitrogens is 2.